The van der Waals surface area contributed by atoms with Crippen molar-refractivity contribution in [1.29, 1.82) is 0 Å². The number of halogens is 2. The molecule has 14 heavy (non-hydrogen) atoms. The van der Waals surface area contributed by atoms with Crippen molar-refractivity contribution in [2.75, 3.05) is 0 Å². The minimum atomic E-state index is -0.463. The average molecular weight is 323 g/mol. The topological polar surface area (TPSA) is 82.0 Å². The van der Waals surface area contributed by atoms with Gasteiger partial charge < -0.3 is 11.5 Å². The Kier molecular flexibility index (Phi) is 4.03. The van der Waals surface area contributed by atoms with Gasteiger partial charge >= 0.3 is 0 Å². The lowest BCUT2D eigenvalue weighted by molar-refractivity contribution is -0.118. The van der Waals surface area contributed by atoms with Crippen molar-refractivity contribution in [1.82, 2.24) is 4.98 Å². The molecule has 0 fully saturated rings. The largest absolute Gasteiger partial charge is 0.370 e. The molecule has 1 heterocycles. The van der Waals surface area contributed by atoms with Crippen LogP contribution >= 0.6 is 31.9 Å². The summed E-state index contributed by atoms with van der Waals surface area (Å²) in [7, 11) is 0. The Morgan fingerprint density at radius 1 is 1.57 bits per heavy atom. The van der Waals surface area contributed by atoms with Gasteiger partial charge in [-0.05, 0) is 37.9 Å². The van der Waals surface area contributed by atoms with Crippen LogP contribution in [0.4, 0.5) is 0 Å². The van der Waals surface area contributed by atoms with E-state index in [0.29, 0.717) is 5.69 Å². The number of hydrogen-bond acceptors (Lipinski definition) is 3. The molecule has 76 valence electrons. The summed E-state index contributed by atoms with van der Waals surface area (Å²) >= 11 is 6.58. The summed E-state index contributed by atoms with van der Waals surface area (Å²) < 4.78 is 1.61. The van der Waals surface area contributed by atoms with Crippen molar-refractivity contribution in [2.45, 2.75) is 12.5 Å². The van der Waals surface area contributed by atoms with Crippen LogP contribution in [-0.2, 0) is 4.79 Å². The highest BCUT2D eigenvalue weighted by Crippen LogP contribution is 2.24. The van der Waals surface area contributed by atoms with Crippen LogP contribution in [0.15, 0.2) is 21.2 Å². The minimum Gasteiger partial charge on any atom is -0.370 e. The summed E-state index contributed by atoms with van der Waals surface area (Å²) in [6, 6.07) is 1.36. The molecule has 1 aromatic rings. The van der Waals surface area contributed by atoms with Gasteiger partial charge in [0.05, 0.1) is 11.7 Å². The molecule has 4 N–H and O–H groups in total. The molecule has 1 amide bonds. The van der Waals surface area contributed by atoms with E-state index in [-0.39, 0.29) is 6.42 Å². The Hall–Kier alpha value is -0.460. The van der Waals surface area contributed by atoms with Crippen LogP contribution in [0.2, 0.25) is 0 Å². The lowest BCUT2D eigenvalue weighted by Gasteiger charge is -2.10. The van der Waals surface area contributed by atoms with Crippen LogP contribution in [-0.4, -0.2) is 10.9 Å². The number of pyridine rings is 1. The molecule has 6 heteroatoms. The first-order valence-electron chi connectivity index (χ1n) is 3.85. The maximum atomic E-state index is 10.7. The third kappa shape index (κ3) is 3.04. The molecule has 0 saturated heterocycles. The summed E-state index contributed by atoms with van der Waals surface area (Å²) in [4.78, 5) is 14.8. The Bertz CT molecular complexity index is 356. The minimum absolute atomic E-state index is 0.0905. The van der Waals surface area contributed by atoms with Crippen LogP contribution in [0, 0.1) is 0 Å². The van der Waals surface area contributed by atoms with E-state index in [9.17, 15) is 4.79 Å². The smallest absolute Gasteiger partial charge is 0.219 e. The summed E-state index contributed by atoms with van der Waals surface area (Å²) in [5.41, 5.74) is 11.4. The zero-order valence-corrected chi connectivity index (χ0v) is 10.4. The SMILES string of the molecule is NC(=O)CC(N)c1ncc(Br)cc1Br. The lowest BCUT2D eigenvalue weighted by Crippen LogP contribution is -2.21. The Morgan fingerprint density at radius 2 is 2.21 bits per heavy atom. The molecule has 1 atom stereocenters. The fourth-order valence-electron chi connectivity index (χ4n) is 1.01. The molecule has 4 nitrogen and oxygen atoms in total. The number of nitrogens with zero attached hydrogens (tertiary/aromatic N) is 1. The molecule has 0 aromatic carbocycles. The maximum Gasteiger partial charge on any atom is 0.219 e. The van der Waals surface area contributed by atoms with Crippen LogP contribution in [0.1, 0.15) is 18.2 Å². The van der Waals surface area contributed by atoms with Gasteiger partial charge in [0.15, 0.2) is 0 Å². The molecule has 0 bridgehead atoms. The Labute approximate surface area is 98.3 Å². The predicted octanol–water partition coefficient (Wildman–Crippen LogP) is 1.48. The predicted molar refractivity (Wildman–Crippen MR) is 60.4 cm³/mol. The molecule has 0 aliphatic rings. The average Bonchev–Trinajstić information content (AvgIpc) is 2.01. The van der Waals surface area contributed by atoms with Gasteiger partial charge in [-0.3, -0.25) is 9.78 Å². The highest BCUT2D eigenvalue weighted by atomic mass is 79.9. The van der Waals surface area contributed by atoms with Crippen LogP contribution in [0.3, 0.4) is 0 Å². The normalized spacial score (nSPS) is 12.5. The van der Waals surface area contributed by atoms with E-state index in [0.717, 1.165) is 8.95 Å². The number of rotatable bonds is 3. The van der Waals surface area contributed by atoms with Gasteiger partial charge in [0.1, 0.15) is 0 Å². The molecule has 0 saturated carbocycles. The van der Waals surface area contributed by atoms with Crippen molar-refractivity contribution >= 4 is 37.8 Å². The Morgan fingerprint density at radius 3 is 2.71 bits per heavy atom. The van der Waals surface area contributed by atoms with Crippen molar-refractivity contribution in [3.05, 3.63) is 26.9 Å². The fourth-order valence-corrected chi connectivity index (χ4v) is 2.29. The molecule has 1 unspecified atom stereocenters. The highest BCUT2D eigenvalue weighted by Gasteiger charge is 2.13. The zero-order valence-electron chi connectivity index (χ0n) is 7.21. The van der Waals surface area contributed by atoms with Gasteiger partial charge in [0.2, 0.25) is 5.91 Å². The van der Waals surface area contributed by atoms with Crippen molar-refractivity contribution in [3.63, 3.8) is 0 Å². The first-order chi connectivity index (χ1) is 6.50. The second-order valence-corrected chi connectivity index (χ2v) is 4.57. The van der Waals surface area contributed by atoms with E-state index in [1.165, 1.54) is 0 Å². The third-order valence-corrected chi connectivity index (χ3v) is 2.68. The summed E-state index contributed by atoms with van der Waals surface area (Å²) in [6.07, 6.45) is 1.72. The van der Waals surface area contributed by atoms with E-state index in [1.54, 1.807) is 6.20 Å². The lowest BCUT2D eigenvalue weighted by atomic mass is 10.1. The second kappa shape index (κ2) is 4.86. The van der Waals surface area contributed by atoms with E-state index >= 15 is 0 Å². The number of amides is 1. The summed E-state index contributed by atoms with van der Waals surface area (Å²) in [5, 5.41) is 0. The number of carbonyl (C=O) groups is 1. The van der Waals surface area contributed by atoms with Gasteiger partial charge in [-0.2, -0.15) is 0 Å². The van der Waals surface area contributed by atoms with Crippen LogP contribution < -0.4 is 11.5 Å². The van der Waals surface area contributed by atoms with Crippen molar-refractivity contribution in [3.8, 4) is 0 Å². The van der Waals surface area contributed by atoms with E-state index in [2.05, 4.69) is 36.8 Å². The summed E-state index contributed by atoms with van der Waals surface area (Å²) in [6.45, 7) is 0. The standard InChI is InChI=1S/C8H9Br2N3O/c9-4-1-5(10)8(13-3-4)6(11)2-7(12)14/h1,3,6H,2,11H2,(H2,12,14). The third-order valence-electron chi connectivity index (χ3n) is 1.61. The molecule has 0 aliphatic carbocycles. The molecular weight excluding hydrogens is 314 g/mol. The number of hydrogen-bond donors (Lipinski definition) is 2. The van der Waals surface area contributed by atoms with Gasteiger partial charge in [-0.1, -0.05) is 0 Å². The summed E-state index contributed by atoms with van der Waals surface area (Å²) in [5.74, 6) is -0.436. The first-order valence-corrected chi connectivity index (χ1v) is 5.44. The van der Waals surface area contributed by atoms with E-state index in [1.807, 2.05) is 6.07 Å². The van der Waals surface area contributed by atoms with Crippen LogP contribution in [0.5, 0.6) is 0 Å². The van der Waals surface area contributed by atoms with Gasteiger partial charge in [0.25, 0.3) is 0 Å². The molecule has 0 radical (unpaired) electrons. The van der Waals surface area contributed by atoms with Gasteiger partial charge in [0, 0.05) is 21.6 Å². The van der Waals surface area contributed by atoms with Crippen LogP contribution in [0.25, 0.3) is 0 Å². The molecule has 1 rings (SSSR count). The van der Waals surface area contributed by atoms with Gasteiger partial charge in [-0.15, -0.1) is 0 Å². The number of primary amides is 1. The molecule has 0 aliphatic heterocycles. The van der Waals surface area contributed by atoms with Crippen molar-refractivity contribution < 1.29 is 4.79 Å². The van der Waals surface area contributed by atoms with Crippen molar-refractivity contribution in [2.24, 2.45) is 11.5 Å². The van der Waals surface area contributed by atoms with E-state index < -0.39 is 11.9 Å². The maximum absolute atomic E-state index is 10.7. The zero-order chi connectivity index (χ0) is 10.7. The fraction of sp³-hybridized carbons (Fsp3) is 0.250. The number of nitrogens with two attached hydrogens (primary N) is 2. The molecular formula is C8H9Br2N3O. The molecule has 1 aromatic heterocycles. The highest BCUT2D eigenvalue weighted by molar-refractivity contribution is 9.11. The van der Waals surface area contributed by atoms with Gasteiger partial charge in [-0.25, -0.2) is 0 Å². The monoisotopic (exact) mass is 321 g/mol. The van der Waals surface area contributed by atoms with E-state index in [4.69, 9.17) is 11.5 Å². The molecule has 0 spiro atoms. The first kappa shape index (κ1) is 11.6. The second-order valence-electron chi connectivity index (χ2n) is 2.80. The quantitative estimate of drug-likeness (QED) is 0.884. The number of carbonyl (C=O) groups excluding carboxylic acids is 1. The number of aromatic nitrogens is 1. The Balaban J connectivity index is 2.90.